The Balaban J connectivity index is 3.11. The maximum absolute atomic E-state index is 13.3. The smallest absolute Gasteiger partial charge is 0.252 e. The Hall–Kier alpha value is -1.45. The van der Waals surface area contributed by atoms with Crippen molar-refractivity contribution in [3.63, 3.8) is 0 Å². The largest absolute Gasteiger partial charge is 0.347 e. The van der Waals surface area contributed by atoms with E-state index in [0.717, 1.165) is 12.1 Å². The number of carbonyl (C=O) groups is 1. The van der Waals surface area contributed by atoms with Gasteiger partial charge in [-0.05, 0) is 45.4 Å². The summed E-state index contributed by atoms with van der Waals surface area (Å²) >= 11 is 0. The molecule has 0 aliphatic rings. The van der Waals surface area contributed by atoms with E-state index in [1.54, 1.807) is 0 Å². The minimum absolute atomic E-state index is 0.0509. The zero-order valence-corrected chi connectivity index (χ0v) is 10.5. The highest BCUT2D eigenvalue weighted by Gasteiger charge is 2.20. The highest BCUT2D eigenvalue weighted by molar-refractivity contribution is 5.96. The molecule has 4 heteroatoms. The first-order valence-electron chi connectivity index (χ1n) is 5.47. The first-order valence-corrected chi connectivity index (χ1v) is 5.47. The summed E-state index contributed by atoms with van der Waals surface area (Å²) in [5.74, 6) is -1.01. The molecule has 1 aromatic carbocycles. The highest BCUT2D eigenvalue weighted by Crippen LogP contribution is 2.22. The van der Waals surface area contributed by atoms with E-state index < -0.39 is 23.4 Å². The Morgan fingerprint density at radius 3 is 2.41 bits per heavy atom. The summed E-state index contributed by atoms with van der Waals surface area (Å²) in [5.41, 5.74) is -0.191. The Morgan fingerprint density at radius 1 is 1.35 bits per heavy atom. The SMILES string of the molecule is C[C@@H](F)c1ccc(F)cc1C(=O)NC(C)(C)C. The van der Waals surface area contributed by atoms with Crippen LogP contribution in [0.15, 0.2) is 18.2 Å². The molecule has 1 rings (SSSR count). The van der Waals surface area contributed by atoms with E-state index in [4.69, 9.17) is 0 Å². The minimum Gasteiger partial charge on any atom is -0.347 e. The molecule has 2 nitrogen and oxygen atoms in total. The van der Waals surface area contributed by atoms with Crippen molar-refractivity contribution >= 4 is 5.91 Å². The fourth-order valence-corrected chi connectivity index (χ4v) is 1.48. The third kappa shape index (κ3) is 3.80. The van der Waals surface area contributed by atoms with Gasteiger partial charge in [-0.15, -0.1) is 0 Å². The van der Waals surface area contributed by atoms with Gasteiger partial charge in [-0.3, -0.25) is 4.79 Å². The zero-order chi connectivity index (χ0) is 13.2. The second-order valence-corrected chi connectivity index (χ2v) is 5.05. The summed E-state index contributed by atoms with van der Waals surface area (Å²) in [6.45, 7) is 6.75. The molecule has 0 aromatic heterocycles. The molecule has 0 radical (unpaired) electrons. The van der Waals surface area contributed by atoms with Crippen molar-refractivity contribution in [2.24, 2.45) is 0 Å². The fraction of sp³-hybridized carbons (Fsp3) is 0.462. The Bertz CT molecular complexity index is 422. The van der Waals surface area contributed by atoms with Crippen molar-refractivity contribution < 1.29 is 13.6 Å². The normalized spacial score (nSPS) is 13.3. The molecule has 0 spiro atoms. The van der Waals surface area contributed by atoms with E-state index in [9.17, 15) is 13.6 Å². The van der Waals surface area contributed by atoms with Crippen molar-refractivity contribution in [1.82, 2.24) is 5.32 Å². The maximum atomic E-state index is 13.3. The zero-order valence-electron chi connectivity index (χ0n) is 10.5. The Morgan fingerprint density at radius 2 is 1.94 bits per heavy atom. The van der Waals surface area contributed by atoms with Crippen LogP contribution < -0.4 is 5.32 Å². The predicted molar refractivity (Wildman–Crippen MR) is 63.1 cm³/mol. The molecule has 1 aromatic rings. The molecule has 0 saturated heterocycles. The first kappa shape index (κ1) is 13.6. The average molecular weight is 241 g/mol. The van der Waals surface area contributed by atoms with E-state index in [1.807, 2.05) is 20.8 Å². The van der Waals surface area contributed by atoms with Crippen LogP contribution in [0.5, 0.6) is 0 Å². The molecular formula is C13H17F2NO. The molecule has 0 bridgehead atoms. The lowest BCUT2D eigenvalue weighted by Gasteiger charge is -2.21. The lowest BCUT2D eigenvalue weighted by molar-refractivity contribution is 0.0916. The quantitative estimate of drug-likeness (QED) is 0.844. The summed E-state index contributed by atoms with van der Waals surface area (Å²) in [4.78, 5) is 11.9. The number of halogens is 2. The Labute approximate surface area is 100 Å². The average Bonchev–Trinajstić information content (AvgIpc) is 2.14. The molecule has 0 aliphatic heterocycles. The molecule has 0 heterocycles. The third-order valence-electron chi connectivity index (χ3n) is 2.18. The second kappa shape index (κ2) is 4.82. The van der Waals surface area contributed by atoms with Gasteiger partial charge >= 0.3 is 0 Å². The van der Waals surface area contributed by atoms with Crippen LogP contribution in [0.3, 0.4) is 0 Å². The van der Waals surface area contributed by atoms with Gasteiger partial charge in [0, 0.05) is 11.1 Å². The van der Waals surface area contributed by atoms with Gasteiger partial charge in [0.1, 0.15) is 12.0 Å². The number of nitrogens with one attached hydrogen (secondary N) is 1. The van der Waals surface area contributed by atoms with E-state index in [-0.39, 0.29) is 11.1 Å². The van der Waals surface area contributed by atoms with Gasteiger partial charge in [0.25, 0.3) is 5.91 Å². The van der Waals surface area contributed by atoms with Crippen LogP contribution in [0.2, 0.25) is 0 Å². The summed E-state index contributed by atoms with van der Waals surface area (Å²) in [5, 5.41) is 2.69. The summed E-state index contributed by atoms with van der Waals surface area (Å²) in [6, 6.07) is 3.52. The maximum Gasteiger partial charge on any atom is 0.252 e. The molecule has 0 fully saturated rings. The van der Waals surface area contributed by atoms with Gasteiger partial charge in [0.15, 0.2) is 0 Å². The van der Waals surface area contributed by atoms with E-state index in [1.165, 1.54) is 13.0 Å². The van der Waals surface area contributed by atoms with Crippen molar-refractivity contribution in [3.8, 4) is 0 Å². The van der Waals surface area contributed by atoms with Gasteiger partial charge in [0.2, 0.25) is 0 Å². The van der Waals surface area contributed by atoms with E-state index >= 15 is 0 Å². The van der Waals surface area contributed by atoms with Crippen molar-refractivity contribution in [3.05, 3.63) is 35.1 Å². The van der Waals surface area contributed by atoms with Gasteiger partial charge < -0.3 is 5.32 Å². The van der Waals surface area contributed by atoms with Crippen LogP contribution >= 0.6 is 0 Å². The van der Waals surface area contributed by atoms with Crippen LogP contribution in [0.4, 0.5) is 8.78 Å². The highest BCUT2D eigenvalue weighted by atomic mass is 19.1. The van der Waals surface area contributed by atoms with Crippen LogP contribution in [0, 0.1) is 5.82 Å². The number of rotatable bonds is 2. The molecule has 1 atom stereocenters. The van der Waals surface area contributed by atoms with Crippen molar-refractivity contribution in [1.29, 1.82) is 0 Å². The third-order valence-corrected chi connectivity index (χ3v) is 2.18. The monoisotopic (exact) mass is 241 g/mol. The minimum atomic E-state index is -1.31. The predicted octanol–water partition coefficient (Wildman–Crippen LogP) is 3.38. The van der Waals surface area contributed by atoms with Crippen LogP contribution in [0.1, 0.15) is 49.8 Å². The molecular weight excluding hydrogens is 224 g/mol. The number of carbonyl (C=O) groups excluding carboxylic acids is 1. The second-order valence-electron chi connectivity index (χ2n) is 5.05. The van der Waals surface area contributed by atoms with Crippen molar-refractivity contribution in [2.75, 3.05) is 0 Å². The number of amides is 1. The molecule has 0 saturated carbocycles. The standard InChI is InChI=1S/C13H17F2NO/c1-8(14)10-6-5-9(15)7-11(10)12(17)16-13(2,3)4/h5-8H,1-4H3,(H,16,17)/t8-/m1/s1. The molecule has 0 aliphatic carbocycles. The lowest BCUT2D eigenvalue weighted by atomic mass is 10.0. The van der Waals surface area contributed by atoms with Crippen LogP contribution in [0.25, 0.3) is 0 Å². The van der Waals surface area contributed by atoms with Crippen LogP contribution in [-0.2, 0) is 0 Å². The van der Waals surface area contributed by atoms with Gasteiger partial charge in [-0.25, -0.2) is 8.78 Å². The molecule has 0 unspecified atom stereocenters. The number of hydrogen-bond acceptors (Lipinski definition) is 1. The van der Waals surface area contributed by atoms with E-state index in [0.29, 0.717) is 0 Å². The number of hydrogen-bond donors (Lipinski definition) is 1. The van der Waals surface area contributed by atoms with Crippen molar-refractivity contribution in [2.45, 2.75) is 39.4 Å². The fourth-order valence-electron chi connectivity index (χ4n) is 1.48. The lowest BCUT2D eigenvalue weighted by Crippen LogP contribution is -2.41. The summed E-state index contributed by atoms with van der Waals surface area (Å²) in [7, 11) is 0. The van der Waals surface area contributed by atoms with Gasteiger partial charge in [-0.1, -0.05) is 6.07 Å². The number of benzene rings is 1. The Kier molecular flexibility index (Phi) is 3.86. The van der Waals surface area contributed by atoms with Gasteiger partial charge in [-0.2, -0.15) is 0 Å². The molecule has 17 heavy (non-hydrogen) atoms. The first-order chi connectivity index (χ1) is 7.70. The molecule has 94 valence electrons. The number of alkyl halides is 1. The topological polar surface area (TPSA) is 29.1 Å². The van der Waals surface area contributed by atoms with Crippen LogP contribution in [-0.4, -0.2) is 11.4 Å². The van der Waals surface area contributed by atoms with E-state index in [2.05, 4.69) is 5.32 Å². The summed E-state index contributed by atoms with van der Waals surface area (Å²) < 4.78 is 26.4. The molecule has 1 amide bonds. The summed E-state index contributed by atoms with van der Waals surface area (Å²) in [6.07, 6.45) is -1.31. The molecule has 1 N–H and O–H groups in total. The van der Waals surface area contributed by atoms with Gasteiger partial charge in [0.05, 0.1) is 0 Å².